The molecular weight excluding hydrogens is 472 g/mol. The molecule has 0 aromatic heterocycles. The molecule has 0 N–H and O–H groups in total. The van der Waals surface area contributed by atoms with Crippen LogP contribution in [0, 0.1) is 6.92 Å². The maximum absolute atomic E-state index is 2.48. The zero-order valence-corrected chi connectivity index (χ0v) is 27.4. The molecule has 3 aromatic rings. The zero-order chi connectivity index (χ0) is 28.5. The van der Waals surface area contributed by atoms with Gasteiger partial charge in [-0.05, 0) is 81.0 Å². The predicted molar refractivity (Wildman–Crippen MR) is 170 cm³/mol. The second-order valence-corrected chi connectivity index (χ2v) is 16.8. The van der Waals surface area contributed by atoms with Gasteiger partial charge in [-0.1, -0.05) is 147 Å². The van der Waals surface area contributed by atoms with Crippen LogP contribution in [0.15, 0.2) is 54.6 Å². The Balaban J connectivity index is 2.02. The monoisotopic (exact) mass is 524 g/mol. The van der Waals surface area contributed by atoms with Gasteiger partial charge < -0.3 is 0 Å². The molecule has 0 atom stereocenters. The molecule has 0 saturated carbocycles. The van der Waals surface area contributed by atoms with Crippen molar-refractivity contribution >= 4 is 9.52 Å². The topological polar surface area (TPSA) is 0 Å². The van der Waals surface area contributed by atoms with E-state index < -0.39 is 0 Å². The standard InChI is InChI=1S/C37H52Si/c1-25(2)38-24-31-18-30(22-34(23-31)37(10,11)12)17-29-16-28(20-33(21-29)36(7,8)9)15-27-13-26(3)14-32(19-27)35(4,5)6/h13-14,16,18-23,25H,15,17,24H2,1-12H3. The van der Waals surface area contributed by atoms with E-state index in [1.54, 1.807) is 0 Å². The van der Waals surface area contributed by atoms with Crippen molar-refractivity contribution in [2.24, 2.45) is 0 Å². The smallest absolute Gasteiger partial charge is 0.0457 e. The Labute approximate surface area is 237 Å². The largest absolute Gasteiger partial charge is 0.0656 e. The van der Waals surface area contributed by atoms with Crippen molar-refractivity contribution in [2.75, 3.05) is 0 Å². The van der Waals surface area contributed by atoms with Gasteiger partial charge in [0.2, 0.25) is 0 Å². The first-order valence-electron chi connectivity index (χ1n) is 14.5. The van der Waals surface area contributed by atoms with Gasteiger partial charge in [0.25, 0.3) is 0 Å². The molecule has 3 rings (SSSR count). The van der Waals surface area contributed by atoms with E-state index in [1.807, 2.05) is 0 Å². The third-order valence-corrected chi connectivity index (χ3v) is 8.80. The van der Waals surface area contributed by atoms with Gasteiger partial charge in [0.1, 0.15) is 0 Å². The lowest BCUT2D eigenvalue weighted by Gasteiger charge is -2.24. The summed E-state index contributed by atoms with van der Waals surface area (Å²) in [5.74, 6) is 0. The Kier molecular flexibility index (Phi) is 9.24. The Hall–Kier alpha value is -2.12. The molecule has 0 unspecified atom stereocenters. The number of benzene rings is 3. The quantitative estimate of drug-likeness (QED) is 0.270. The van der Waals surface area contributed by atoms with Gasteiger partial charge in [-0.25, -0.2) is 0 Å². The number of aryl methyl sites for hydroxylation is 1. The Bertz CT molecular complexity index is 1240. The second kappa shape index (κ2) is 11.5. The molecule has 0 fully saturated rings. The van der Waals surface area contributed by atoms with Crippen LogP contribution >= 0.6 is 0 Å². The van der Waals surface area contributed by atoms with E-state index in [1.165, 1.54) is 56.1 Å². The van der Waals surface area contributed by atoms with Crippen molar-refractivity contribution < 1.29 is 0 Å². The van der Waals surface area contributed by atoms with E-state index in [2.05, 4.69) is 138 Å². The van der Waals surface area contributed by atoms with Crippen LogP contribution in [0.4, 0.5) is 0 Å². The van der Waals surface area contributed by atoms with Crippen LogP contribution in [-0.4, -0.2) is 9.52 Å². The molecule has 0 aliphatic rings. The summed E-state index contributed by atoms with van der Waals surface area (Å²) in [6.45, 7) is 27.9. The van der Waals surface area contributed by atoms with Crippen LogP contribution in [0.25, 0.3) is 0 Å². The van der Waals surface area contributed by atoms with Crippen molar-refractivity contribution in [3.8, 4) is 0 Å². The maximum atomic E-state index is 2.48. The summed E-state index contributed by atoms with van der Waals surface area (Å²) in [6.07, 6.45) is 1.96. The maximum Gasteiger partial charge on any atom is 0.0457 e. The Morgan fingerprint density at radius 1 is 0.500 bits per heavy atom. The van der Waals surface area contributed by atoms with Crippen molar-refractivity contribution in [3.05, 3.63) is 105 Å². The van der Waals surface area contributed by atoms with Crippen molar-refractivity contribution in [1.82, 2.24) is 0 Å². The third kappa shape index (κ3) is 8.70. The average Bonchev–Trinajstić information content (AvgIpc) is 2.75. The summed E-state index contributed by atoms with van der Waals surface area (Å²) in [5, 5.41) is 0. The Morgan fingerprint density at radius 2 is 0.842 bits per heavy atom. The van der Waals surface area contributed by atoms with Gasteiger partial charge >= 0.3 is 0 Å². The fourth-order valence-electron chi connectivity index (χ4n) is 4.99. The lowest BCUT2D eigenvalue weighted by Crippen LogP contribution is -2.14. The van der Waals surface area contributed by atoms with E-state index in [-0.39, 0.29) is 16.2 Å². The van der Waals surface area contributed by atoms with E-state index in [9.17, 15) is 0 Å². The summed E-state index contributed by atoms with van der Waals surface area (Å²) >= 11 is 0. The summed E-state index contributed by atoms with van der Waals surface area (Å²) < 4.78 is 0. The summed E-state index contributed by atoms with van der Waals surface area (Å²) in [5.41, 5.74) is 14.1. The fourth-order valence-corrected chi connectivity index (χ4v) is 5.84. The van der Waals surface area contributed by atoms with E-state index in [0.29, 0.717) is 0 Å². The van der Waals surface area contributed by atoms with Crippen LogP contribution in [0.2, 0.25) is 5.54 Å². The summed E-state index contributed by atoms with van der Waals surface area (Å²) in [6, 6.07) is 23.1. The number of hydrogen-bond donors (Lipinski definition) is 0. The predicted octanol–water partition coefficient (Wildman–Crippen LogP) is 10.1. The minimum absolute atomic E-state index is 0.116. The molecule has 0 spiro atoms. The highest BCUT2D eigenvalue weighted by Gasteiger charge is 2.19. The summed E-state index contributed by atoms with van der Waals surface area (Å²) in [4.78, 5) is 0. The molecule has 3 aromatic carbocycles. The molecule has 38 heavy (non-hydrogen) atoms. The van der Waals surface area contributed by atoms with Gasteiger partial charge in [0, 0.05) is 9.52 Å². The van der Waals surface area contributed by atoms with Crippen LogP contribution in [0.1, 0.15) is 126 Å². The minimum Gasteiger partial charge on any atom is -0.0656 e. The van der Waals surface area contributed by atoms with Gasteiger partial charge in [-0.3, -0.25) is 0 Å². The van der Waals surface area contributed by atoms with Crippen molar-refractivity contribution in [1.29, 1.82) is 0 Å². The molecule has 0 saturated heterocycles. The third-order valence-electron chi connectivity index (χ3n) is 7.37. The molecule has 0 amide bonds. The van der Waals surface area contributed by atoms with E-state index >= 15 is 0 Å². The fraction of sp³-hybridized carbons (Fsp3) is 0.514. The molecular formula is C37H52Si. The first-order valence-corrected chi connectivity index (χ1v) is 15.8. The SMILES string of the molecule is Cc1cc(Cc2cc(Cc3cc(C[Si]C(C)C)cc(C(C)(C)C)c3)cc(C(C)(C)C)c2)cc(C(C)(C)C)c1. The Morgan fingerprint density at radius 3 is 1.24 bits per heavy atom. The van der Waals surface area contributed by atoms with Crippen LogP contribution < -0.4 is 0 Å². The molecule has 1 heteroatoms. The van der Waals surface area contributed by atoms with Gasteiger partial charge in [0.15, 0.2) is 0 Å². The molecule has 0 aliphatic carbocycles. The van der Waals surface area contributed by atoms with Crippen molar-refractivity contribution in [2.45, 2.75) is 124 Å². The average molecular weight is 525 g/mol. The van der Waals surface area contributed by atoms with E-state index in [4.69, 9.17) is 0 Å². The normalized spacial score (nSPS) is 12.9. The highest BCUT2D eigenvalue weighted by molar-refractivity contribution is 6.36. The van der Waals surface area contributed by atoms with Crippen molar-refractivity contribution in [3.63, 3.8) is 0 Å². The minimum atomic E-state index is 0.116. The van der Waals surface area contributed by atoms with Crippen LogP contribution in [-0.2, 0) is 35.1 Å². The molecule has 204 valence electrons. The molecule has 0 bridgehead atoms. The highest BCUT2D eigenvalue weighted by Crippen LogP contribution is 2.30. The van der Waals surface area contributed by atoms with Crippen LogP contribution in [0.5, 0.6) is 0 Å². The highest BCUT2D eigenvalue weighted by atomic mass is 28.2. The lowest BCUT2D eigenvalue weighted by atomic mass is 9.81. The zero-order valence-electron chi connectivity index (χ0n) is 26.4. The first kappa shape index (κ1) is 30.4. The van der Waals surface area contributed by atoms with E-state index in [0.717, 1.165) is 27.9 Å². The summed E-state index contributed by atoms with van der Waals surface area (Å²) in [7, 11) is 0.976. The molecule has 0 aliphatic heterocycles. The number of hydrogen-bond acceptors (Lipinski definition) is 0. The molecule has 0 heterocycles. The van der Waals surface area contributed by atoms with Gasteiger partial charge in [-0.2, -0.15) is 0 Å². The van der Waals surface area contributed by atoms with Gasteiger partial charge in [0.05, 0.1) is 0 Å². The molecule has 2 radical (unpaired) electrons. The first-order chi connectivity index (χ1) is 17.4. The van der Waals surface area contributed by atoms with Gasteiger partial charge in [-0.15, -0.1) is 0 Å². The second-order valence-electron chi connectivity index (χ2n) is 14.9. The lowest BCUT2D eigenvalue weighted by molar-refractivity contribution is 0.587. The van der Waals surface area contributed by atoms with Crippen LogP contribution in [0.3, 0.4) is 0 Å². The number of rotatable bonds is 7. The molecule has 0 nitrogen and oxygen atoms in total.